The average molecular weight is 399 g/mol. The number of ether oxygens (including phenoxy) is 2. The van der Waals surface area contributed by atoms with E-state index >= 15 is 0 Å². The Morgan fingerprint density at radius 1 is 1.22 bits per heavy atom. The molecule has 1 aromatic rings. The van der Waals surface area contributed by atoms with Crippen molar-refractivity contribution in [1.82, 2.24) is 9.62 Å². The molecular formula is C18H30N4O4S. The Hall–Kier alpha value is -2.00. The molecule has 0 fully saturated rings. The Bertz CT molecular complexity index is 737. The van der Waals surface area contributed by atoms with Gasteiger partial charge in [0.25, 0.3) is 0 Å². The summed E-state index contributed by atoms with van der Waals surface area (Å²) in [5, 5.41) is 6.44. The molecule has 0 radical (unpaired) electrons. The van der Waals surface area contributed by atoms with Gasteiger partial charge in [0.15, 0.2) is 17.5 Å². The second-order valence-corrected chi connectivity index (χ2v) is 8.54. The molecule has 8 nitrogen and oxygen atoms in total. The van der Waals surface area contributed by atoms with Crippen LogP contribution in [0.15, 0.2) is 23.2 Å². The summed E-state index contributed by atoms with van der Waals surface area (Å²) in [6.45, 7) is 6.62. The zero-order valence-corrected chi connectivity index (χ0v) is 17.1. The van der Waals surface area contributed by atoms with Crippen molar-refractivity contribution in [2.75, 3.05) is 51.0 Å². The van der Waals surface area contributed by atoms with Gasteiger partial charge in [0, 0.05) is 44.9 Å². The van der Waals surface area contributed by atoms with Gasteiger partial charge >= 0.3 is 0 Å². The lowest BCUT2D eigenvalue weighted by Crippen LogP contribution is -2.32. The van der Waals surface area contributed by atoms with Gasteiger partial charge in [0.2, 0.25) is 10.0 Å². The number of sulfonamides is 1. The smallest absolute Gasteiger partial charge is 0.213 e. The number of nitrogens with one attached hydrogen (secondary N) is 2. The number of hydrogen-bond donors (Lipinski definition) is 2. The predicted molar refractivity (Wildman–Crippen MR) is 108 cm³/mol. The number of benzene rings is 1. The Morgan fingerprint density at radius 2 is 1.96 bits per heavy atom. The second-order valence-electron chi connectivity index (χ2n) is 6.17. The van der Waals surface area contributed by atoms with Crippen LogP contribution in [0.2, 0.25) is 0 Å². The molecule has 9 heteroatoms. The van der Waals surface area contributed by atoms with Crippen LogP contribution >= 0.6 is 0 Å². The SMILES string of the molecule is CCNC(=NCCCN(C)S(=O)(=O)CC)Nc1ccc2c(c1)OCCCO2. The highest BCUT2D eigenvalue weighted by atomic mass is 32.2. The molecule has 0 aliphatic carbocycles. The molecule has 0 saturated heterocycles. The van der Waals surface area contributed by atoms with Crippen LogP contribution in [0.3, 0.4) is 0 Å². The van der Waals surface area contributed by atoms with Crippen molar-refractivity contribution in [3.05, 3.63) is 18.2 Å². The highest BCUT2D eigenvalue weighted by molar-refractivity contribution is 7.89. The summed E-state index contributed by atoms with van der Waals surface area (Å²) in [5.74, 6) is 2.23. The van der Waals surface area contributed by atoms with E-state index in [9.17, 15) is 8.42 Å². The van der Waals surface area contributed by atoms with E-state index in [1.807, 2.05) is 25.1 Å². The summed E-state index contributed by atoms with van der Waals surface area (Å²) >= 11 is 0. The summed E-state index contributed by atoms with van der Waals surface area (Å²) in [4.78, 5) is 4.52. The molecule has 152 valence electrons. The maximum Gasteiger partial charge on any atom is 0.213 e. The number of hydrogen-bond acceptors (Lipinski definition) is 5. The van der Waals surface area contributed by atoms with Gasteiger partial charge in [-0.1, -0.05) is 0 Å². The third-order valence-electron chi connectivity index (χ3n) is 4.10. The number of fused-ring (bicyclic) bond motifs is 1. The lowest BCUT2D eigenvalue weighted by molar-refractivity contribution is 0.297. The number of aliphatic imine (C=N–C) groups is 1. The molecule has 0 saturated carbocycles. The highest BCUT2D eigenvalue weighted by Gasteiger charge is 2.14. The molecule has 0 spiro atoms. The lowest BCUT2D eigenvalue weighted by atomic mass is 10.3. The van der Waals surface area contributed by atoms with Crippen LogP contribution in [0.5, 0.6) is 11.5 Å². The maximum absolute atomic E-state index is 11.8. The van der Waals surface area contributed by atoms with Crippen molar-refractivity contribution in [1.29, 1.82) is 0 Å². The van der Waals surface area contributed by atoms with Crippen molar-refractivity contribution >= 4 is 21.7 Å². The van der Waals surface area contributed by atoms with E-state index in [4.69, 9.17) is 9.47 Å². The van der Waals surface area contributed by atoms with Gasteiger partial charge in [0.05, 0.1) is 19.0 Å². The van der Waals surface area contributed by atoms with E-state index in [2.05, 4.69) is 15.6 Å². The average Bonchev–Trinajstić information content (AvgIpc) is 2.90. The molecule has 1 aromatic carbocycles. The van der Waals surface area contributed by atoms with Gasteiger partial charge in [-0.25, -0.2) is 12.7 Å². The third kappa shape index (κ3) is 6.59. The van der Waals surface area contributed by atoms with Crippen molar-refractivity contribution < 1.29 is 17.9 Å². The summed E-state index contributed by atoms with van der Waals surface area (Å²) < 4.78 is 36.2. The fraction of sp³-hybridized carbons (Fsp3) is 0.611. The van der Waals surface area contributed by atoms with Gasteiger partial charge in [0.1, 0.15) is 0 Å². The van der Waals surface area contributed by atoms with E-state index in [0.29, 0.717) is 38.7 Å². The minimum absolute atomic E-state index is 0.112. The molecule has 2 N–H and O–H groups in total. The first-order valence-corrected chi connectivity index (χ1v) is 11.0. The van der Waals surface area contributed by atoms with E-state index in [1.54, 1.807) is 14.0 Å². The summed E-state index contributed by atoms with van der Waals surface area (Å²) in [6, 6.07) is 5.70. The molecule has 1 aliphatic rings. The third-order valence-corrected chi connectivity index (χ3v) is 5.96. The van der Waals surface area contributed by atoms with E-state index in [1.165, 1.54) is 4.31 Å². The van der Waals surface area contributed by atoms with Crippen molar-refractivity contribution in [2.45, 2.75) is 26.7 Å². The van der Waals surface area contributed by atoms with Crippen LogP contribution in [0, 0.1) is 0 Å². The molecular weight excluding hydrogens is 368 g/mol. The van der Waals surface area contributed by atoms with Crippen LogP contribution in [0.4, 0.5) is 5.69 Å². The van der Waals surface area contributed by atoms with Gasteiger partial charge in [-0.2, -0.15) is 0 Å². The van der Waals surface area contributed by atoms with E-state index in [0.717, 1.165) is 30.2 Å². The lowest BCUT2D eigenvalue weighted by Gasteiger charge is -2.16. The molecule has 0 atom stereocenters. The molecule has 27 heavy (non-hydrogen) atoms. The number of anilines is 1. The van der Waals surface area contributed by atoms with Gasteiger partial charge in [-0.3, -0.25) is 4.99 Å². The number of rotatable bonds is 8. The van der Waals surface area contributed by atoms with Crippen molar-refractivity contribution in [3.8, 4) is 11.5 Å². The molecule has 1 aliphatic heterocycles. The predicted octanol–water partition coefficient (Wildman–Crippen LogP) is 1.90. The monoisotopic (exact) mass is 398 g/mol. The number of nitrogens with zero attached hydrogens (tertiary/aromatic N) is 2. The largest absolute Gasteiger partial charge is 0.490 e. The minimum Gasteiger partial charge on any atom is -0.490 e. The minimum atomic E-state index is -3.14. The first-order chi connectivity index (χ1) is 13.0. The fourth-order valence-corrected chi connectivity index (χ4v) is 3.38. The molecule has 0 bridgehead atoms. The summed E-state index contributed by atoms with van der Waals surface area (Å²) in [5.41, 5.74) is 0.852. The molecule has 1 heterocycles. The molecule has 0 aromatic heterocycles. The van der Waals surface area contributed by atoms with Gasteiger partial charge in [-0.05, 0) is 32.4 Å². The summed E-state index contributed by atoms with van der Waals surface area (Å²) in [6.07, 6.45) is 1.51. The van der Waals surface area contributed by atoms with Gasteiger partial charge < -0.3 is 20.1 Å². The van der Waals surface area contributed by atoms with Crippen molar-refractivity contribution in [3.63, 3.8) is 0 Å². The molecule has 0 amide bonds. The zero-order chi connectivity index (χ0) is 19.7. The van der Waals surface area contributed by atoms with Crippen LogP contribution in [-0.2, 0) is 10.0 Å². The van der Waals surface area contributed by atoms with Crippen LogP contribution < -0.4 is 20.1 Å². The summed E-state index contributed by atoms with van der Waals surface area (Å²) in [7, 11) is -1.54. The Kier molecular flexibility index (Phi) is 8.18. The van der Waals surface area contributed by atoms with Crippen LogP contribution in [0.25, 0.3) is 0 Å². The second kappa shape index (κ2) is 10.4. The zero-order valence-electron chi connectivity index (χ0n) is 16.3. The van der Waals surface area contributed by atoms with E-state index < -0.39 is 10.0 Å². The Balaban J connectivity index is 1.94. The molecule has 2 rings (SSSR count). The quantitative estimate of drug-likeness (QED) is 0.395. The normalized spacial score (nSPS) is 14.7. The Labute approximate surface area is 162 Å². The highest BCUT2D eigenvalue weighted by Crippen LogP contribution is 2.32. The maximum atomic E-state index is 11.8. The first kappa shape index (κ1) is 21.3. The van der Waals surface area contributed by atoms with Gasteiger partial charge in [-0.15, -0.1) is 0 Å². The fourth-order valence-electron chi connectivity index (χ4n) is 2.53. The Morgan fingerprint density at radius 3 is 2.67 bits per heavy atom. The van der Waals surface area contributed by atoms with Crippen LogP contribution in [0.1, 0.15) is 26.7 Å². The van der Waals surface area contributed by atoms with Crippen molar-refractivity contribution in [2.24, 2.45) is 4.99 Å². The standard InChI is InChI=1S/C18H30N4O4S/c1-4-19-18(20-10-6-11-22(3)27(23,24)5-2)21-15-8-9-16-17(14-15)26-13-7-12-25-16/h8-9,14H,4-7,10-13H2,1-3H3,(H2,19,20,21). The molecule has 0 unspecified atom stereocenters. The van der Waals surface area contributed by atoms with Crippen LogP contribution in [-0.4, -0.2) is 64.3 Å². The number of guanidine groups is 1. The van der Waals surface area contributed by atoms with E-state index in [-0.39, 0.29) is 5.75 Å². The first-order valence-electron chi connectivity index (χ1n) is 9.35. The topological polar surface area (TPSA) is 92.3 Å².